The fourth-order valence-electron chi connectivity index (χ4n) is 2.05. The van der Waals surface area contributed by atoms with Crippen molar-refractivity contribution in [2.45, 2.75) is 6.61 Å². The SMILES string of the molecule is N#Cc1ccc(F)c(COc2cnc3ccccc3c2)c1. The van der Waals surface area contributed by atoms with Gasteiger partial charge < -0.3 is 4.74 Å². The van der Waals surface area contributed by atoms with E-state index in [1.165, 1.54) is 18.2 Å². The quantitative estimate of drug-likeness (QED) is 0.731. The van der Waals surface area contributed by atoms with Gasteiger partial charge in [-0.05, 0) is 30.3 Å². The minimum atomic E-state index is -0.386. The number of nitrogens with zero attached hydrogens (tertiary/aromatic N) is 2. The lowest BCUT2D eigenvalue weighted by atomic mass is 10.1. The second-order valence-corrected chi connectivity index (χ2v) is 4.57. The summed E-state index contributed by atoms with van der Waals surface area (Å²) in [5.74, 6) is 0.179. The van der Waals surface area contributed by atoms with Gasteiger partial charge in [0.1, 0.15) is 18.2 Å². The molecular weight excluding hydrogens is 267 g/mol. The molecule has 0 saturated heterocycles. The van der Waals surface area contributed by atoms with Crippen LogP contribution >= 0.6 is 0 Å². The number of pyridine rings is 1. The Bertz CT molecular complexity index is 840. The molecule has 0 atom stereocenters. The van der Waals surface area contributed by atoms with Crippen LogP contribution in [0.3, 0.4) is 0 Å². The largest absolute Gasteiger partial charge is 0.487 e. The highest BCUT2D eigenvalue weighted by Crippen LogP contribution is 2.20. The molecule has 0 saturated carbocycles. The van der Waals surface area contributed by atoms with Gasteiger partial charge in [0.15, 0.2) is 0 Å². The lowest BCUT2D eigenvalue weighted by Crippen LogP contribution is -1.99. The molecule has 3 nitrogen and oxygen atoms in total. The van der Waals surface area contributed by atoms with Crippen LogP contribution in [0.15, 0.2) is 54.7 Å². The number of ether oxygens (including phenoxy) is 1. The first-order valence-electron chi connectivity index (χ1n) is 6.42. The van der Waals surface area contributed by atoms with Gasteiger partial charge in [-0.2, -0.15) is 5.26 Å². The van der Waals surface area contributed by atoms with Crippen molar-refractivity contribution < 1.29 is 9.13 Å². The van der Waals surface area contributed by atoms with Gasteiger partial charge in [-0.3, -0.25) is 4.98 Å². The number of aromatic nitrogens is 1. The van der Waals surface area contributed by atoms with Crippen LogP contribution in [0.25, 0.3) is 10.9 Å². The van der Waals surface area contributed by atoms with Gasteiger partial charge in [0.25, 0.3) is 0 Å². The molecule has 2 aromatic carbocycles. The van der Waals surface area contributed by atoms with E-state index >= 15 is 0 Å². The van der Waals surface area contributed by atoms with E-state index in [4.69, 9.17) is 10.00 Å². The summed E-state index contributed by atoms with van der Waals surface area (Å²) in [6, 6.07) is 15.7. The first-order valence-corrected chi connectivity index (χ1v) is 6.42. The highest BCUT2D eigenvalue weighted by atomic mass is 19.1. The molecule has 0 unspecified atom stereocenters. The van der Waals surface area contributed by atoms with Gasteiger partial charge in [0.2, 0.25) is 0 Å². The van der Waals surface area contributed by atoms with Crippen LogP contribution in [0.1, 0.15) is 11.1 Å². The Morgan fingerprint density at radius 3 is 2.86 bits per heavy atom. The van der Waals surface area contributed by atoms with E-state index in [1.54, 1.807) is 6.20 Å². The normalized spacial score (nSPS) is 10.3. The van der Waals surface area contributed by atoms with Gasteiger partial charge in [0.05, 0.1) is 23.3 Å². The van der Waals surface area contributed by atoms with Crippen LogP contribution in [0.5, 0.6) is 5.75 Å². The van der Waals surface area contributed by atoms with Crippen LogP contribution in [0.2, 0.25) is 0 Å². The number of para-hydroxylation sites is 1. The number of hydrogen-bond donors (Lipinski definition) is 0. The van der Waals surface area contributed by atoms with Crippen molar-refractivity contribution in [2.75, 3.05) is 0 Å². The summed E-state index contributed by atoms with van der Waals surface area (Å²) >= 11 is 0. The zero-order chi connectivity index (χ0) is 14.7. The third-order valence-corrected chi connectivity index (χ3v) is 3.13. The summed E-state index contributed by atoms with van der Waals surface area (Å²) < 4.78 is 19.2. The Morgan fingerprint density at radius 2 is 2.00 bits per heavy atom. The predicted molar refractivity (Wildman–Crippen MR) is 77.2 cm³/mol. The van der Waals surface area contributed by atoms with Crippen LogP contribution in [0, 0.1) is 17.1 Å². The van der Waals surface area contributed by atoms with Crippen molar-refractivity contribution in [1.29, 1.82) is 5.26 Å². The number of fused-ring (bicyclic) bond motifs is 1. The molecule has 0 N–H and O–H groups in total. The Morgan fingerprint density at radius 1 is 1.14 bits per heavy atom. The Labute approximate surface area is 121 Å². The molecule has 0 aliphatic rings. The summed E-state index contributed by atoms with van der Waals surface area (Å²) in [7, 11) is 0. The minimum absolute atomic E-state index is 0.0569. The number of benzene rings is 2. The standard InChI is InChI=1S/C17H11FN2O/c18-16-6-5-12(9-19)7-14(16)11-21-15-8-13-3-1-2-4-17(13)20-10-15/h1-8,10H,11H2. The van der Waals surface area contributed by atoms with Crippen LogP contribution in [-0.4, -0.2) is 4.98 Å². The summed E-state index contributed by atoms with van der Waals surface area (Å²) in [6.07, 6.45) is 1.61. The van der Waals surface area contributed by atoms with E-state index in [9.17, 15) is 4.39 Å². The third kappa shape index (κ3) is 2.82. The molecule has 21 heavy (non-hydrogen) atoms. The molecule has 3 rings (SSSR count). The molecule has 0 aliphatic heterocycles. The second-order valence-electron chi connectivity index (χ2n) is 4.57. The number of halogens is 1. The molecule has 0 spiro atoms. The lowest BCUT2D eigenvalue weighted by Gasteiger charge is -2.08. The number of hydrogen-bond acceptors (Lipinski definition) is 3. The van der Waals surface area contributed by atoms with E-state index < -0.39 is 0 Å². The van der Waals surface area contributed by atoms with Crippen LogP contribution in [0.4, 0.5) is 4.39 Å². The summed E-state index contributed by atoms with van der Waals surface area (Å²) in [6.45, 7) is 0.0569. The average Bonchev–Trinajstić information content (AvgIpc) is 2.54. The number of rotatable bonds is 3. The monoisotopic (exact) mass is 278 g/mol. The van der Waals surface area contributed by atoms with Crippen LogP contribution < -0.4 is 4.74 Å². The summed E-state index contributed by atoms with van der Waals surface area (Å²) in [5, 5.41) is 9.79. The van der Waals surface area contributed by atoms with Crippen LogP contribution in [-0.2, 0) is 6.61 Å². The van der Waals surface area contributed by atoms with Crippen molar-refractivity contribution in [2.24, 2.45) is 0 Å². The third-order valence-electron chi connectivity index (χ3n) is 3.13. The maximum absolute atomic E-state index is 13.7. The lowest BCUT2D eigenvalue weighted by molar-refractivity contribution is 0.299. The highest BCUT2D eigenvalue weighted by Gasteiger charge is 2.05. The van der Waals surface area contributed by atoms with E-state index in [0.717, 1.165) is 10.9 Å². The van der Waals surface area contributed by atoms with E-state index in [2.05, 4.69) is 4.98 Å². The molecular formula is C17H11FN2O. The number of nitriles is 1. The van der Waals surface area contributed by atoms with E-state index in [-0.39, 0.29) is 12.4 Å². The Kier molecular flexibility index (Phi) is 3.48. The molecule has 0 aliphatic carbocycles. The second kappa shape index (κ2) is 5.59. The molecule has 1 aromatic heterocycles. The van der Waals surface area contributed by atoms with Crippen molar-refractivity contribution in [1.82, 2.24) is 4.98 Å². The average molecular weight is 278 g/mol. The molecule has 0 bridgehead atoms. The van der Waals surface area contributed by atoms with Gasteiger partial charge in [-0.15, -0.1) is 0 Å². The zero-order valence-corrected chi connectivity index (χ0v) is 11.1. The molecule has 3 aromatic rings. The maximum atomic E-state index is 13.7. The van der Waals surface area contributed by atoms with E-state index in [1.807, 2.05) is 36.4 Å². The van der Waals surface area contributed by atoms with Gasteiger partial charge in [-0.25, -0.2) is 4.39 Å². The zero-order valence-electron chi connectivity index (χ0n) is 11.1. The molecule has 0 radical (unpaired) electrons. The Balaban J connectivity index is 1.82. The van der Waals surface area contributed by atoms with Crippen molar-refractivity contribution in [3.8, 4) is 11.8 Å². The maximum Gasteiger partial charge on any atom is 0.138 e. The first-order chi connectivity index (χ1) is 10.3. The molecule has 4 heteroatoms. The molecule has 1 heterocycles. The topological polar surface area (TPSA) is 45.9 Å². The fourth-order valence-corrected chi connectivity index (χ4v) is 2.05. The summed E-state index contributed by atoms with van der Waals surface area (Å²) in [4.78, 5) is 4.28. The first kappa shape index (κ1) is 13.1. The Hall–Kier alpha value is -2.93. The van der Waals surface area contributed by atoms with Gasteiger partial charge in [0, 0.05) is 10.9 Å². The predicted octanol–water partition coefficient (Wildman–Crippen LogP) is 3.82. The fraction of sp³-hybridized carbons (Fsp3) is 0.0588. The minimum Gasteiger partial charge on any atom is -0.487 e. The smallest absolute Gasteiger partial charge is 0.138 e. The highest BCUT2D eigenvalue weighted by molar-refractivity contribution is 5.79. The molecule has 0 amide bonds. The molecule has 0 fully saturated rings. The van der Waals surface area contributed by atoms with Gasteiger partial charge >= 0.3 is 0 Å². The summed E-state index contributed by atoms with van der Waals surface area (Å²) in [5.41, 5.74) is 1.64. The van der Waals surface area contributed by atoms with Crippen molar-refractivity contribution >= 4 is 10.9 Å². The van der Waals surface area contributed by atoms with Crippen molar-refractivity contribution in [3.05, 3.63) is 71.7 Å². The molecule has 102 valence electrons. The van der Waals surface area contributed by atoms with Gasteiger partial charge in [-0.1, -0.05) is 18.2 Å². The van der Waals surface area contributed by atoms with Crippen molar-refractivity contribution in [3.63, 3.8) is 0 Å². The van der Waals surface area contributed by atoms with E-state index in [0.29, 0.717) is 16.9 Å².